The van der Waals surface area contributed by atoms with E-state index in [-0.39, 0.29) is 29.2 Å². The molecule has 3 aromatic rings. The number of amides is 2. The number of alkyl halides is 2. The molecular formula is C21H15F2N5O3. The Morgan fingerprint density at radius 3 is 2.61 bits per heavy atom. The van der Waals surface area contributed by atoms with Crippen LogP contribution in [0.15, 0.2) is 53.3 Å². The first kappa shape index (κ1) is 18.1. The number of nitrogens with zero attached hydrogens (tertiary/aromatic N) is 4. The average molecular weight is 423 g/mol. The molecule has 2 amide bonds. The third-order valence-electron chi connectivity index (χ3n) is 6.43. The van der Waals surface area contributed by atoms with Gasteiger partial charge in [-0.25, -0.2) is 9.97 Å². The Balaban J connectivity index is 1.26. The second kappa shape index (κ2) is 5.71. The highest BCUT2D eigenvalue weighted by Gasteiger charge is 2.90. The lowest BCUT2D eigenvalue weighted by Gasteiger charge is -2.25. The maximum absolute atomic E-state index is 14.7. The van der Waals surface area contributed by atoms with Crippen LogP contribution in [0.2, 0.25) is 0 Å². The number of carbonyl (C=O) groups is 2. The third-order valence-corrected chi connectivity index (χ3v) is 6.43. The van der Waals surface area contributed by atoms with Gasteiger partial charge in [-0.3, -0.25) is 19.5 Å². The van der Waals surface area contributed by atoms with E-state index < -0.39 is 29.0 Å². The number of oxazole rings is 1. The molecule has 0 saturated heterocycles. The lowest BCUT2D eigenvalue weighted by atomic mass is 9.95. The minimum absolute atomic E-state index is 0.0421. The quantitative estimate of drug-likeness (QED) is 0.690. The van der Waals surface area contributed by atoms with E-state index in [4.69, 9.17) is 4.42 Å². The number of fused-ring (bicyclic) bond motifs is 1. The number of halogens is 2. The van der Waals surface area contributed by atoms with Crippen molar-refractivity contribution in [2.24, 2.45) is 11.8 Å². The van der Waals surface area contributed by atoms with Crippen LogP contribution in [0, 0.1) is 11.8 Å². The van der Waals surface area contributed by atoms with Crippen molar-refractivity contribution in [3.05, 3.63) is 71.8 Å². The van der Waals surface area contributed by atoms with Gasteiger partial charge in [0.15, 0.2) is 11.6 Å². The second-order valence-electron chi connectivity index (χ2n) is 8.00. The predicted molar refractivity (Wildman–Crippen MR) is 101 cm³/mol. The fraction of sp³-hybridized carbons (Fsp3) is 0.286. The van der Waals surface area contributed by atoms with Crippen LogP contribution in [0.4, 0.5) is 14.6 Å². The standard InChI is InChI=1S/C21H15F2N5O3/c1-28-16-15(24-7-8-25-16)12-13-14(12)20(13,19(28)30)27-17(29)18-26-9-11(31-18)21(22,23)10-5-3-2-4-6-10/h2-9,12-14H,1H3,(H,27,29)/t12-,13+,14?,20-/m0/s1. The predicted octanol–water partition coefficient (Wildman–Crippen LogP) is 2.09. The van der Waals surface area contributed by atoms with Gasteiger partial charge in [0.1, 0.15) is 5.54 Å². The Hall–Kier alpha value is -3.69. The molecule has 10 heteroatoms. The molecule has 2 saturated carbocycles. The number of aromatic nitrogens is 3. The summed E-state index contributed by atoms with van der Waals surface area (Å²) in [7, 11) is 1.58. The van der Waals surface area contributed by atoms with E-state index in [0.29, 0.717) is 5.82 Å². The van der Waals surface area contributed by atoms with E-state index in [2.05, 4.69) is 20.3 Å². The van der Waals surface area contributed by atoms with Gasteiger partial charge in [-0.05, 0) is 0 Å². The van der Waals surface area contributed by atoms with Crippen LogP contribution in [0.5, 0.6) is 0 Å². The minimum Gasteiger partial charge on any atom is -0.431 e. The Morgan fingerprint density at radius 2 is 1.87 bits per heavy atom. The molecule has 4 heterocycles. The molecule has 0 radical (unpaired) electrons. The first-order valence-electron chi connectivity index (χ1n) is 9.68. The van der Waals surface area contributed by atoms with E-state index in [1.54, 1.807) is 19.3 Å². The zero-order valence-electron chi connectivity index (χ0n) is 16.1. The zero-order valence-corrected chi connectivity index (χ0v) is 16.1. The SMILES string of the molecule is CN1C(=O)[C@@]2(NC(=O)c3ncc(C(F)(F)c4ccccc4)o3)C3[C@@H](c4nccnc41)[C@H]32. The number of nitrogens with one attached hydrogen (secondary N) is 1. The van der Waals surface area contributed by atoms with Gasteiger partial charge in [-0.2, -0.15) is 8.78 Å². The first-order valence-corrected chi connectivity index (χ1v) is 9.68. The molecule has 2 fully saturated rings. The lowest BCUT2D eigenvalue weighted by molar-refractivity contribution is -0.122. The molecule has 4 aliphatic rings. The molecule has 156 valence electrons. The van der Waals surface area contributed by atoms with Crippen LogP contribution in [0.25, 0.3) is 0 Å². The number of likely N-dealkylation sites (N-methyl/N-ethyl adjacent to an activating group) is 1. The van der Waals surface area contributed by atoms with Crippen molar-refractivity contribution in [2.75, 3.05) is 11.9 Å². The molecule has 0 spiro atoms. The summed E-state index contributed by atoms with van der Waals surface area (Å²) in [6.45, 7) is 0. The highest BCUT2D eigenvalue weighted by atomic mass is 19.3. The summed E-state index contributed by atoms with van der Waals surface area (Å²) in [6, 6.07) is 7.12. The Morgan fingerprint density at radius 1 is 1.16 bits per heavy atom. The largest absolute Gasteiger partial charge is 0.431 e. The lowest BCUT2D eigenvalue weighted by Crippen LogP contribution is -2.54. The molecule has 7 rings (SSSR count). The van der Waals surface area contributed by atoms with Crippen LogP contribution in [0.3, 0.4) is 0 Å². The number of hydrogen-bond acceptors (Lipinski definition) is 6. The van der Waals surface area contributed by atoms with Gasteiger partial charge in [0.05, 0.1) is 11.9 Å². The fourth-order valence-electron chi connectivity index (χ4n) is 4.81. The van der Waals surface area contributed by atoms with Crippen molar-refractivity contribution in [3.8, 4) is 0 Å². The van der Waals surface area contributed by atoms with Gasteiger partial charge >= 0.3 is 11.8 Å². The van der Waals surface area contributed by atoms with Crippen molar-refractivity contribution >= 4 is 17.6 Å². The van der Waals surface area contributed by atoms with Gasteiger partial charge in [-0.15, -0.1) is 0 Å². The highest BCUT2D eigenvalue weighted by molar-refractivity contribution is 6.10. The highest BCUT2D eigenvalue weighted by Crippen LogP contribution is 2.81. The maximum Gasteiger partial charge on any atom is 0.331 e. The molecule has 2 aliphatic heterocycles. The van der Waals surface area contributed by atoms with E-state index in [1.807, 2.05) is 0 Å². The summed E-state index contributed by atoms with van der Waals surface area (Å²) in [4.78, 5) is 39.5. The number of benzene rings is 1. The molecule has 1 aromatic carbocycles. The van der Waals surface area contributed by atoms with Crippen molar-refractivity contribution in [1.82, 2.24) is 20.3 Å². The zero-order chi connectivity index (χ0) is 21.5. The van der Waals surface area contributed by atoms with Crippen molar-refractivity contribution in [1.29, 1.82) is 0 Å². The number of anilines is 1. The molecule has 2 bridgehead atoms. The minimum atomic E-state index is -3.45. The summed E-state index contributed by atoms with van der Waals surface area (Å²) >= 11 is 0. The van der Waals surface area contributed by atoms with Crippen molar-refractivity contribution in [3.63, 3.8) is 0 Å². The number of hydrogen-bond donors (Lipinski definition) is 1. The molecule has 4 atom stereocenters. The summed E-state index contributed by atoms with van der Waals surface area (Å²) in [5.74, 6) is -5.51. The average Bonchev–Trinajstić information content (AvgIpc) is 3.62. The van der Waals surface area contributed by atoms with Crippen LogP contribution in [0.1, 0.15) is 33.6 Å². The fourth-order valence-corrected chi connectivity index (χ4v) is 4.81. The van der Waals surface area contributed by atoms with Crippen LogP contribution >= 0.6 is 0 Å². The third kappa shape index (κ3) is 2.24. The summed E-state index contributed by atoms with van der Waals surface area (Å²) in [5, 5.41) is 2.69. The Kier molecular flexibility index (Phi) is 3.34. The maximum atomic E-state index is 14.7. The Labute approximate surface area is 174 Å². The van der Waals surface area contributed by atoms with Gasteiger partial charge in [0.2, 0.25) is 0 Å². The van der Waals surface area contributed by atoms with E-state index in [9.17, 15) is 18.4 Å². The van der Waals surface area contributed by atoms with Gasteiger partial charge in [0, 0.05) is 42.8 Å². The van der Waals surface area contributed by atoms with E-state index in [1.165, 1.54) is 35.4 Å². The van der Waals surface area contributed by atoms with Crippen molar-refractivity contribution in [2.45, 2.75) is 17.4 Å². The molecule has 8 nitrogen and oxygen atoms in total. The molecule has 2 aromatic heterocycles. The molecule has 2 aliphatic carbocycles. The van der Waals surface area contributed by atoms with Gasteiger partial charge in [0.25, 0.3) is 11.8 Å². The van der Waals surface area contributed by atoms with E-state index in [0.717, 1.165) is 11.9 Å². The summed E-state index contributed by atoms with van der Waals surface area (Å²) in [6.07, 6.45) is 3.91. The Bertz CT molecular complexity index is 1230. The van der Waals surface area contributed by atoms with Crippen LogP contribution < -0.4 is 10.2 Å². The smallest absolute Gasteiger partial charge is 0.331 e. The molecule has 31 heavy (non-hydrogen) atoms. The molecule has 1 unspecified atom stereocenters. The summed E-state index contributed by atoms with van der Waals surface area (Å²) in [5.41, 5.74) is -0.645. The first-order chi connectivity index (χ1) is 14.9. The normalized spacial score (nSPS) is 27.8. The molecule has 1 N–H and O–H groups in total. The molecular weight excluding hydrogens is 408 g/mol. The van der Waals surface area contributed by atoms with Crippen LogP contribution in [-0.2, 0) is 10.7 Å². The van der Waals surface area contributed by atoms with Gasteiger partial charge in [-0.1, -0.05) is 30.3 Å². The van der Waals surface area contributed by atoms with Gasteiger partial charge < -0.3 is 9.73 Å². The van der Waals surface area contributed by atoms with Crippen LogP contribution in [-0.4, -0.2) is 39.4 Å². The van der Waals surface area contributed by atoms with E-state index >= 15 is 0 Å². The number of carbonyl (C=O) groups excluding carboxylic acids is 2. The van der Waals surface area contributed by atoms with Crippen molar-refractivity contribution < 1.29 is 22.8 Å². The topological polar surface area (TPSA) is 101 Å². The second-order valence-corrected chi connectivity index (χ2v) is 8.00. The number of rotatable bonds is 4. The summed E-state index contributed by atoms with van der Waals surface area (Å²) < 4.78 is 34.5. The monoisotopic (exact) mass is 423 g/mol.